The molecular formula is C12H10N4. The van der Waals surface area contributed by atoms with Gasteiger partial charge in [-0.25, -0.2) is 0 Å². The highest BCUT2D eigenvalue weighted by Gasteiger charge is 2.21. The quantitative estimate of drug-likeness (QED) is 0.718. The zero-order valence-corrected chi connectivity index (χ0v) is 8.88. The van der Waals surface area contributed by atoms with Gasteiger partial charge in [-0.3, -0.25) is 0 Å². The van der Waals surface area contributed by atoms with Crippen LogP contribution < -0.4 is 0 Å². The van der Waals surface area contributed by atoms with Gasteiger partial charge in [0.2, 0.25) is 5.54 Å². The van der Waals surface area contributed by atoms with E-state index < -0.39 is 5.54 Å². The van der Waals surface area contributed by atoms with Crippen LogP contribution >= 0.6 is 0 Å². The Morgan fingerprint density at radius 3 is 2.50 bits per heavy atom. The minimum Gasteiger partial charge on any atom is -0.194 e. The fourth-order valence-corrected chi connectivity index (χ4v) is 0.975. The number of hydrogen-bond acceptors (Lipinski definition) is 4. The van der Waals surface area contributed by atoms with Gasteiger partial charge in [-0.05, 0) is 13.0 Å². The van der Waals surface area contributed by atoms with E-state index in [9.17, 15) is 0 Å². The van der Waals surface area contributed by atoms with E-state index in [1.165, 1.54) is 6.92 Å². The average molecular weight is 210 g/mol. The molecule has 0 fully saturated rings. The first-order valence-electron chi connectivity index (χ1n) is 4.62. The van der Waals surface area contributed by atoms with Gasteiger partial charge in [0.1, 0.15) is 12.1 Å². The van der Waals surface area contributed by atoms with Crippen molar-refractivity contribution in [3.8, 4) is 12.1 Å². The van der Waals surface area contributed by atoms with E-state index in [-0.39, 0.29) is 0 Å². The maximum Gasteiger partial charge on any atom is 0.249 e. The molecule has 0 saturated carbocycles. The van der Waals surface area contributed by atoms with Crippen molar-refractivity contribution < 1.29 is 0 Å². The van der Waals surface area contributed by atoms with E-state index in [2.05, 4.69) is 16.8 Å². The van der Waals surface area contributed by atoms with Crippen LogP contribution in [0.3, 0.4) is 0 Å². The third-order valence-electron chi connectivity index (χ3n) is 1.95. The van der Waals surface area contributed by atoms with Crippen LogP contribution in [0.5, 0.6) is 0 Å². The molecule has 4 nitrogen and oxygen atoms in total. The maximum absolute atomic E-state index is 8.74. The van der Waals surface area contributed by atoms with Crippen LogP contribution in [0.2, 0.25) is 0 Å². The van der Waals surface area contributed by atoms with Crippen molar-refractivity contribution in [3.63, 3.8) is 0 Å². The summed E-state index contributed by atoms with van der Waals surface area (Å²) in [5.41, 5.74) is -0.0347. The fourth-order valence-electron chi connectivity index (χ4n) is 0.975. The molecule has 0 aliphatic heterocycles. The second kappa shape index (κ2) is 4.86. The van der Waals surface area contributed by atoms with E-state index in [4.69, 9.17) is 10.5 Å². The molecule has 0 heterocycles. The Morgan fingerprint density at radius 2 is 1.94 bits per heavy atom. The van der Waals surface area contributed by atoms with Crippen LogP contribution in [0.1, 0.15) is 12.5 Å². The molecule has 0 amide bonds. The predicted molar refractivity (Wildman–Crippen MR) is 60.7 cm³/mol. The van der Waals surface area contributed by atoms with Gasteiger partial charge in [-0.1, -0.05) is 30.9 Å². The van der Waals surface area contributed by atoms with Crippen molar-refractivity contribution in [1.29, 1.82) is 10.5 Å². The molecule has 16 heavy (non-hydrogen) atoms. The van der Waals surface area contributed by atoms with Crippen molar-refractivity contribution in [2.24, 2.45) is 10.2 Å². The van der Waals surface area contributed by atoms with E-state index in [0.717, 1.165) is 5.56 Å². The molecular weight excluding hydrogens is 200 g/mol. The molecule has 4 heteroatoms. The summed E-state index contributed by atoms with van der Waals surface area (Å²) >= 11 is 0. The highest BCUT2D eigenvalue weighted by molar-refractivity contribution is 5.62. The smallest absolute Gasteiger partial charge is 0.194 e. The molecule has 0 saturated heterocycles. The Bertz CT molecular complexity index is 488. The van der Waals surface area contributed by atoms with Gasteiger partial charge in [0.25, 0.3) is 0 Å². The SMILES string of the molecule is C=Cc1ccccc1N=NC(C)(C#N)C#N. The van der Waals surface area contributed by atoms with Crippen LogP contribution in [0, 0.1) is 22.7 Å². The molecule has 78 valence electrons. The summed E-state index contributed by atoms with van der Waals surface area (Å²) in [7, 11) is 0. The van der Waals surface area contributed by atoms with Crippen molar-refractivity contribution in [2.45, 2.75) is 12.5 Å². The van der Waals surface area contributed by atoms with Crippen LogP contribution in [-0.2, 0) is 0 Å². The second-order valence-corrected chi connectivity index (χ2v) is 3.26. The minimum atomic E-state index is -1.44. The lowest BCUT2D eigenvalue weighted by atomic mass is 10.1. The standard InChI is InChI=1S/C12H10N4/c1-3-10-6-4-5-7-11(10)15-16-12(2,8-13)9-14/h3-7H,1H2,2H3. The number of nitrogens with zero attached hydrogens (tertiary/aromatic N) is 4. The third kappa shape index (κ3) is 2.52. The fraction of sp³-hybridized carbons (Fsp3) is 0.167. The third-order valence-corrected chi connectivity index (χ3v) is 1.95. The molecule has 0 spiro atoms. The molecule has 0 bridgehead atoms. The molecule has 0 atom stereocenters. The molecule has 0 aliphatic carbocycles. The normalized spacial score (nSPS) is 10.7. The van der Waals surface area contributed by atoms with E-state index in [1.807, 2.05) is 12.1 Å². The summed E-state index contributed by atoms with van der Waals surface area (Å²) in [5, 5.41) is 25.1. The molecule has 0 unspecified atom stereocenters. The van der Waals surface area contributed by atoms with E-state index in [0.29, 0.717) is 5.69 Å². The Kier molecular flexibility index (Phi) is 3.53. The number of hydrogen-bond donors (Lipinski definition) is 0. The van der Waals surface area contributed by atoms with Gasteiger partial charge >= 0.3 is 0 Å². The summed E-state index contributed by atoms with van der Waals surface area (Å²) in [6.45, 7) is 5.05. The predicted octanol–water partition coefficient (Wildman–Crippen LogP) is 3.22. The Hall–Kier alpha value is -2.46. The largest absolute Gasteiger partial charge is 0.249 e. The lowest BCUT2D eigenvalue weighted by Gasteiger charge is -2.03. The Labute approximate surface area is 94.2 Å². The van der Waals surface area contributed by atoms with Crippen molar-refractivity contribution in [1.82, 2.24) is 0 Å². The highest BCUT2D eigenvalue weighted by atomic mass is 15.1. The average Bonchev–Trinajstić information content (AvgIpc) is 2.36. The first kappa shape index (κ1) is 11.6. The maximum atomic E-state index is 8.74. The van der Waals surface area contributed by atoms with Crippen LogP contribution in [0.4, 0.5) is 5.69 Å². The summed E-state index contributed by atoms with van der Waals surface area (Å²) < 4.78 is 0. The number of azo groups is 1. The lowest BCUT2D eigenvalue weighted by molar-refractivity contribution is 0.720. The number of nitriles is 2. The molecule has 0 N–H and O–H groups in total. The summed E-state index contributed by atoms with van der Waals surface area (Å²) in [4.78, 5) is 0. The number of benzene rings is 1. The summed E-state index contributed by atoms with van der Waals surface area (Å²) in [5.74, 6) is 0. The van der Waals surface area contributed by atoms with Crippen molar-refractivity contribution in [2.75, 3.05) is 0 Å². The Balaban J connectivity index is 3.07. The lowest BCUT2D eigenvalue weighted by Crippen LogP contribution is -2.14. The van der Waals surface area contributed by atoms with Crippen LogP contribution in [0.25, 0.3) is 6.08 Å². The topological polar surface area (TPSA) is 72.3 Å². The molecule has 1 rings (SSSR count). The summed E-state index contributed by atoms with van der Waals surface area (Å²) in [6, 6.07) is 10.8. The summed E-state index contributed by atoms with van der Waals surface area (Å²) in [6.07, 6.45) is 1.64. The van der Waals surface area contributed by atoms with Gasteiger partial charge in [0.15, 0.2) is 0 Å². The van der Waals surface area contributed by atoms with Crippen molar-refractivity contribution >= 4 is 11.8 Å². The van der Waals surface area contributed by atoms with Gasteiger partial charge in [-0.2, -0.15) is 20.8 Å². The molecule has 1 aromatic carbocycles. The van der Waals surface area contributed by atoms with Gasteiger partial charge in [0, 0.05) is 5.56 Å². The van der Waals surface area contributed by atoms with Crippen LogP contribution in [-0.4, -0.2) is 5.54 Å². The molecule has 0 aliphatic rings. The molecule has 1 aromatic rings. The molecule has 0 aromatic heterocycles. The first-order valence-corrected chi connectivity index (χ1v) is 4.62. The van der Waals surface area contributed by atoms with Crippen LogP contribution in [0.15, 0.2) is 41.1 Å². The number of rotatable bonds is 3. The van der Waals surface area contributed by atoms with Gasteiger partial charge < -0.3 is 0 Å². The monoisotopic (exact) mass is 210 g/mol. The minimum absolute atomic E-state index is 0.592. The zero-order valence-electron chi connectivity index (χ0n) is 8.88. The Morgan fingerprint density at radius 1 is 1.31 bits per heavy atom. The van der Waals surface area contributed by atoms with Gasteiger partial charge in [-0.15, -0.1) is 0 Å². The van der Waals surface area contributed by atoms with E-state index in [1.54, 1.807) is 30.3 Å². The second-order valence-electron chi connectivity index (χ2n) is 3.26. The van der Waals surface area contributed by atoms with Gasteiger partial charge in [0.05, 0.1) is 5.69 Å². The first-order chi connectivity index (χ1) is 7.65. The highest BCUT2D eigenvalue weighted by Crippen LogP contribution is 2.22. The van der Waals surface area contributed by atoms with Crippen molar-refractivity contribution in [3.05, 3.63) is 36.4 Å². The molecule has 0 radical (unpaired) electrons. The van der Waals surface area contributed by atoms with E-state index >= 15 is 0 Å². The zero-order chi connectivity index (χ0) is 12.0.